The van der Waals surface area contributed by atoms with Gasteiger partial charge in [-0.1, -0.05) is 56.7 Å². The summed E-state index contributed by atoms with van der Waals surface area (Å²) in [5.41, 5.74) is 1.98. The lowest BCUT2D eigenvalue weighted by atomic mass is 9.92. The van der Waals surface area contributed by atoms with Crippen molar-refractivity contribution in [1.29, 1.82) is 0 Å². The lowest BCUT2D eigenvalue weighted by molar-refractivity contribution is -0.190. The Bertz CT molecular complexity index is 1180. The predicted octanol–water partition coefficient (Wildman–Crippen LogP) is 2.73. The maximum absolute atomic E-state index is 13.8. The van der Waals surface area contributed by atoms with Gasteiger partial charge in [-0.2, -0.15) is 0 Å². The molecule has 2 saturated heterocycles. The molecule has 4 amide bonds. The minimum Gasteiger partial charge on any atom is -0.493 e. The first kappa shape index (κ1) is 28.2. The highest BCUT2D eigenvalue weighted by Gasteiger charge is 2.51. The van der Waals surface area contributed by atoms with Gasteiger partial charge in [0.1, 0.15) is 12.2 Å². The molecule has 3 atom stereocenters. The molecule has 0 aromatic heterocycles. The van der Waals surface area contributed by atoms with Crippen molar-refractivity contribution in [2.24, 2.45) is 5.92 Å². The van der Waals surface area contributed by atoms with Crippen LogP contribution < -0.4 is 14.8 Å². The van der Waals surface area contributed by atoms with Crippen molar-refractivity contribution in [2.75, 3.05) is 40.9 Å². The van der Waals surface area contributed by atoms with Gasteiger partial charge in [-0.15, -0.1) is 0 Å². The second-order valence-corrected chi connectivity index (χ2v) is 10.1. The first-order valence-corrected chi connectivity index (χ1v) is 13.4. The maximum Gasteiger partial charge on any atom is 0.334 e. The van der Waals surface area contributed by atoms with E-state index in [0.717, 1.165) is 17.5 Å². The van der Waals surface area contributed by atoms with E-state index in [4.69, 9.17) is 9.47 Å². The number of rotatable bonds is 9. The highest BCUT2D eigenvalue weighted by Crippen LogP contribution is 2.31. The standard InChI is InChI=1S/C29H39N5O5/c1-6-20(2)27-28(36)32(15-14-21-12-13-23(38-4)24(16-21)39-5)18-25-33(27)26(35)19-31(3)34(25)29(37)30-17-22-10-8-7-9-11-22/h7-13,16,20,25,27H,6,14-15,17-19H2,1-5H3,(H,30,37). The van der Waals surface area contributed by atoms with Crippen LogP contribution in [0.4, 0.5) is 4.79 Å². The van der Waals surface area contributed by atoms with E-state index in [0.29, 0.717) is 31.0 Å². The van der Waals surface area contributed by atoms with Gasteiger partial charge in [0.15, 0.2) is 11.5 Å². The molecule has 4 rings (SSSR count). The normalized spacial score (nSPS) is 20.5. The van der Waals surface area contributed by atoms with Gasteiger partial charge in [0.25, 0.3) is 0 Å². The zero-order chi connectivity index (χ0) is 28.1. The quantitative estimate of drug-likeness (QED) is 0.529. The molecule has 0 spiro atoms. The van der Waals surface area contributed by atoms with Crippen LogP contribution in [-0.4, -0.2) is 90.8 Å². The summed E-state index contributed by atoms with van der Waals surface area (Å²) in [5.74, 6) is 0.981. The number of piperazine rings is 1. The Morgan fingerprint density at radius 2 is 1.77 bits per heavy atom. The first-order chi connectivity index (χ1) is 18.8. The van der Waals surface area contributed by atoms with Gasteiger partial charge in [0.2, 0.25) is 11.8 Å². The fourth-order valence-corrected chi connectivity index (χ4v) is 5.35. The molecule has 2 aliphatic heterocycles. The van der Waals surface area contributed by atoms with Gasteiger partial charge in [0, 0.05) is 20.1 Å². The van der Waals surface area contributed by atoms with Crippen molar-refractivity contribution < 1.29 is 23.9 Å². The highest BCUT2D eigenvalue weighted by molar-refractivity contribution is 5.91. The lowest BCUT2D eigenvalue weighted by Crippen LogP contribution is -2.76. The number of likely N-dealkylation sites (N-methyl/N-ethyl adjacent to an activating group) is 1. The number of hydrogen-bond acceptors (Lipinski definition) is 6. The van der Waals surface area contributed by atoms with E-state index < -0.39 is 12.2 Å². The Morgan fingerprint density at radius 1 is 1.05 bits per heavy atom. The Morgan fingerprint density at radius 3 is 2.44 bits per heavy atom. The molecule has 10 nitrogen and oxygen atoms in total. The van der Waals surface area contributed by atoms with E-state index in [2.05, 4.69) is 5.32 Å². The third-order valence-corrected chi connectivity index (χ3v) is 7.67. The van der Waals surface area contributed by atoms with Gasteiger partial charge < -0.3 is 24.6 Å². The molecule has 2 aliphatic rings. The van der Waals surface area contributed by atoms with Gasteiger partial charge in [-0.05, 0) is 35.6 Å². The number of fused-ring (bicyclic) bond motifs is 1. The summed E-state index contributed by atoms with van der Waals surface area (Å²) in [5, 5.41) is 6.24. The van der Waals surface area contributed by atoms with Crippen LogP contribution >= 0.6 is 0 Å². The van der Waals surface area contributed by atoms with Crippen molar-refractivity contribution in [1.82, 2.24) is 25.1 Å². The van der Waals surface area contributed by atoms with E-state index in [1.807, 2.05) is 62.4 Å². The fraction of sp³-hybridized carbons (Fsp3) is 0.483. The van der Waals surface area contributed by atoms with E-state index in [1.165, 1.54) is 0 Å². The van der Waals surface area contributed by atoms with E-state index in [-0.39, 0.29) is 36.9 Å². The van der Waals surface area contributed by atoms with Gasteiger partial charge in [0.05, 0.1) is 27.3 Å². The number of hydrazine groups is 1. The van der Waals surface area contributed by atoms with Crippen molar-refractivity contribution in [3.63, 3.8) is 0 Å². The second kappa shape index (κ2) is 12.4. The van der Waals surface area contributed by atoms with Crippen molar-refractivity contribution in [2.45, 2.75) is 45.4 Å². The summed E-state index contributed by atoms with van der Waals surface area (Å²) in [4.78, 5) is 44.0. The summed E-state index contributed by atoms with van der Waals surface area (Å²) in [6, 6.07) is 14.5. The Kier molecular flexibility index (Phi) is 8.96. The van der Waals surface area contributed by atoms with Crippen molar-refractivity contribution in [3.8, 4) is 11.5 Å². The van der Waals surface area contributed by atoms with E-state index in [1.54, 1.807) is 41.1 Å². The molecule has 0 radical (unpaired) electrons. The lowest BCUT2D eigenvalue weighted by Gasteiger charge is -2.55. The third-order valence-electron chi connectivity index (χ3n) is 7.67. The maximum atomic E-state index is 13.8. The molecule has 2 aromatic rings. The summed E-state index contributed by atoms with van der Waals surface area (Å²) in [6.07, 6.45) is 0.719. The zero-order valence-electron chi connectivity index (χ0n) is 23.4. The van der Waals surface area contributed by atoms with Crippen LogP contribution in [-0.2, 0) is 22.6 Å². The molecule has 3 unspecified atom stereocenters. The monoisotopic (exact) mass is 537 g/mol. The van der Waals surface area contributed by atoms with Gasteiger partial charge in [-0.3, -0.25) is 9.59 Å². The number of benzene rings is 2. The average Bonchev–Trinajstić information content (AvgIpc) is 2.95. The SMILES string of the molecule is CCC(C)C1C(=O)N(CCc2ccc(OC)c(OC)c2)CC2N1C(=O)CN(C)N2C(=O)NCc1ccccc1. The minimum absolute atomic E-state index is 0.0289. The van der Waals surface area contributed by atoms with Crippen LogP contribution in [0.15, 0.2) is 48.5 Å². The van der Waals surface area contributed by atoms with Gasteiger partial charge in [-0.25, -0.2) is 14.8 Å². The van der Waals surface area contributed by atoms with Crippen LogP contribution in [0, 0.1) is 5.92 Å². The number of hydrogen-bond donors (Lipinski definition) is 1. The van der Waals surface area contributed by atoms with Crippen LogP contribution in [0.1, 0.15) is 31.4 Å². The molecule has 0 bridgehead atoms. The predicted molar refractivity (Wildman–Crippen MR) is 147 cm³/mol. The number of amides is 4. The number of urea groups is 1. The molecule has 2 heterocycles. The summed E-state index contributed by atoms with van der Waals surface area (Å²) in [6.45, 7) is 5.07. The second-order valence-electron chi connectivity index (χ2n) is 10.1. The van der Waals surface area contributed by atoms with Crippen LogP contribution in [0.25, 0.3) is 0 Å². The molecule has 1 N–H and O–H groups in total. The van der Waals surface area contributed by atoms with E-state index >= 15 is 0 Å². The number of nitrogens with zero attached hydrogens (tertiary/aromatic N) is 4. The van der Waals surface area contributed by atoms with Crippen molar-refractivity contribution in [3.05, 3.63) is 59.7 Å². The number of methoxy groups -OCH3 is 2. The molecule has 10 heteroatoms. The average molecular weight is 538 g/mol. The molecular weight excluding hydrogens is 498 g/mol. The molecule has 2 fully saturated rings. The number of ether oxygens (including phenoxy) is 2. The molecule has 39 heavy (non-hydrogen) atoms. The molecule has 210 valence electrons. The van der Waals surface area contributed by atoms with Crippen molar-refractivity contribution >= 4 is 17.8 Å². The van der Waals surface area contributed by atoms with Crippen LogP contribution in [0.5, 0.6) is 11.5 Å². The third kappa shape index (κ3) is 5.95. The smallest absolute Gasteiger partial charge is 0.334 e. The summed E-state index contributed by atoms with van der Waals surface area (Å²) in [7, 11) is 4.92. The fourth-order valence-electron chi connectivity index (χ4n) is 5.35. The number of nitrogens with one attached hydrogen (secondary N) is 1. The Balaban J connectivity index is 1.58. The van der Waals surface area contributed by atoms with Gasteiger partial charge >= 0.3 is 6.03 Å². The number of carbonyl (C=O) groups excluding carboxylic acids is 3. The topological polar surface area (TPSA) is 94.7 Å². The zero-order valence-corrected chi connectivity index (χ0v) is 23.4. The number of carbonyl (C=O) groups is 3. The largest absolute Gasteiger partial charge is 0.493 e. The first-order valence-electron chi connectivity index (χ1n) is 13.4. The Hall–Kier alpha value is -3.79. The van der Waals surface area contributed by atoms with E-state index in [9.17, 15) is 14.4 Å². The summed E-state index contributed by atoms with van der Waals surface area (Å²) >= 11 is 0. The molecular formula is C29H39N5O5. The van der Waals surface area contributed by atoms with Crippen LogP contribution in [0.3, 0.4) is 0 Å². The summed E-state index contributed by atoms with van der Waals surface area (Å²) < 4.78 is 10.8. The molecule has 0 saturated carbocycles. The minimum atomic E-state index is -0.634. The Labute approximate surface area is 230 Å². The van der Waals surface area contributed by atoms with Crippen LogP contribution in [0.2, 0.25) is 0 Å². The molecule has 0 aliphatic carbocycles. The highest BCUT2D eigenvalue weighted by atomic mass is 16.5. The molecule has 2 aromatic carbocycles.